The molecule has 0 bridgehead atoms. The Balaban J connectivity index is 0.000000757. The van der Waals surface area contributed by atoms with E-state index in [1.54, 1.807) is 0 Å². The summed E-state index contributed by atoms with van der Waals surface area (Å²) in [4.78, 5) is 0. The minimum Gasteiger partial charge on any atom is -1.00 e. The Labute approximate surface area is 294 Å². The van der Waals surface area contributed by atoms with Gasteiger partial charge in [-0.15, -0.1) is 31.2 Å². The monoisotopic (exact) mass is 787 g/mol. The smallest absolute Gasteiger partial charge is 1.00 e. The molecule has 1 unspecified atom stereocenters. The fourth-order valence-electron chi connectivity index (χ4n) is 4.38. The molecule has 0 N–H and O–H groups in total. The molecule has 0 aromatic heterocycles. The topological polar surface area (TPSA) is 0 Å². The maximum absolute atomic E-state index is 13.4. The first kappa shape index (κ1) is 44.0. The fraction of sp³-hybridized carbons (Fsp3) is 0.194. The Hall–Kier alpha value is -1.99. The molecule has 1 aliphatic rings. The van der Waals surface area contributed by atoms with Crippen LogP contribution in [0.4, 0.5) is 43.9 Å². The maximum atomic E-state index is 13.4. The van der Waals surface area contributed by atoms with E-state index >= 15 is 0 Å². The van der Waals surface area contributed by atoms with Crippen LogP contribution in [-0.4, -0.2) is 19.6 Å². The number of halogens is 12. The van der Waals surface area contributed by atoms with Gasteiger partial charge in [-0.1, -0.05) is 26.8 Å². The van der Waals surface area contributed by atoms with E-state index in [1.807, 2.05) is 30.3 Å². The van der Waals surface area contributed by atoms with E-state index in [9.17, 15) is 43.9 Å². The van der Waals surface area contributed by atoms with Crippen LogP contribution >= 0.6 is 7.92 Å². The van der Waals surface area contributed by atoms with Crippen LogP contribution in [0.1, 0.15) is 37.6 Å². The van der Waals surface area contributed by atoms with E-state index in [4.69, 9.17) is 0 Å². The normalized spacial score (nSPS) is 12.7. The summed E-state index contributed by atoms with van der Waals surface area (Å²) in [5, 5.41) is 0. The second-order valence-corrected chi connectivity index (χ2v) is 12.1. The van der Waals surface area contributed by atoms with Gasteiger partial charge in [0.15, 0.2) is 58.2 Å². The van der Waals surface area contributed by atoms with Gasteiger partial charge in [0.25, 0.3) is 0 Å². The third-order valence-corrected chi connectivity index (χ3v) is 9.53. The van der Waals surface area contributed by atoms with Crippen molar-refractivity contribution in [2.24, 2.45) is 0 Å². The van der Waals surface area contributed by atoms with E-state index in [-0.39, 0.29) is 66.2 Å². The maximum Gasteiger partial charge on any atom is 4.00 e. The van der Waals surface area contributed by atoms with Gasteiger partial charge in [-0.25, -0.2) is 56.0 Å². The summed E-state index contributed by atoms with van der Waals surface area (Å²) in [6.45, 7) is 6.89. The van der Waals surface area contributed by atoms with Crippen molar-refractivity contribution in [3.8, 4) is 0 Å². The minimum absolute atomic E-state index is 0. The Kier molecular flexibility index (Phi) is 18.9. The molecule has 1 aliphatic carbocycles. The van der Waals surface area contributed by atoms with Gasteiger partial charge in [-0.3, -0.25) is 0 Å². The molecule has 4 aromatic carbocycles. The summed E-state index contributed by atoms with van der Waals surface area (Å²) in [6, 6.07) is 18.7. The molecule has 0 nitrogen and oxygen atoms in total. The summed E-state index contributed by atoms with van der Waals surface area (Å²) < 4.78 is 131. The number of fused-ring (bicyclic) bond motifs is 1. The molecule has 1 atom stereocenters. The van der Waals surface area contributed by atoms with Gasteiger partial charge in [0, 0.05) is 0 Å². The summed E-state index contributed by atoms with van der Waals surface area (Å²) in [5.74, 6) is -24.9. The number of hydrogen-bond acceptors (Lipinski definition) is 0. The Morgan fingerprint density at radius 1 is 0.630 bits per heavy atom. The van der Waals surface area contributed by atoms with Crippen molar-refractivity contribution in [2.75, 3.05) is 12.3 Å². The van der Waals surface area contributed by atoms with Crippen molar-refractivity contribution in [3.63, 3.8) is 0 Å². The van der Waals surface area contributed by atoms with E-state index < -0.39 is 69.1 Å². The Morgan fingerprint density at radius 3 is 1.35 bits per heavy atom. The third-order valence-electron chi connectivity index (χ3n) is 6.51. The predicted octanol–water partition coefficient (Wildman–Crippen LogP) is 2.50. The second-order valence-electron chi connectivity index (χ2n) is 9.09. The molecule has 0 saturated heterocycles. The molecule has 0 heterocycles. The van der Waals surface area contributed by atoms with Gasteiger partial charge < -0.3 is 24.8 Å². The molecule has 0 spiro atoms. The molecule has 15 heteroatoms. The number of hydrogen-bond donors (Lipinski definition) is 0. The molecular weight excluding hydrogens is 766 g/mol. The number of benzene rings is 3. The zero-order chi connectivity index (χ0) is 32.0. The standard InChI is InChI=1S/C14H18P.C12BF10.C5H5.2ClH.Zr/c1-4-15(5-2)14-11(3)10-12-8-6-7-9-13(12)14;14-3-1(4(15)8(19)11(22)7(3)18)13-2-5(16)9(20)12(23)10(21)6(2)17;1-2-4-5-3-1;;;/h6-9,14H,4-5H2,1-3H3;;1-5H;2*1H;/q-1;;-1;;;+4/p-2. The van der Waals surface area contributed by atoms with Crippen LogP contribution in [0.25, 0.3) is 0 Å². The zero-order valence-corrected chi connectivity index (χ0v) is 29.1. The van der Waals surface area contributed by atoms with Crippen LogP contribution in [0, 0.1) is 64.2 Å². The van der Waals surface area contributed by atoms with Gasteiger partial charge >= 0.3 is 26.2 Å². The molecule has 0 fully saturated rings. The predicted molar refractivity (Wildman–Crippen MR) is 148 cm³/mol. The van der Waals surface area contributed by atoms with Crippen LogP contribution < -0.4 is 35.7 Å². The van der Waals surface area contributed by atoms with Crippen LogP contribution in [0.15, 0.2) is 60.2 Å². The van der Waals surface area contributed by atoms with E-state index in [2.05, 4.69) is 51.1 Å². The summed E-state index contributed by atoms with van der Waals surface area (Å²) in [7, 11) is -0.251. The average molecular weight is 789 g/mol. The van der Waals surface area contributed by atoms with Gasteiger partial charge in [-0.05, 0) is 28.9 Å². The van der Waals surface area contributed by atoms with Gasteiger partial charge in [0.05, 0.1) is 0 Å². The van der Waals surface area contributed by atoms with Crippen LogP contribution in [0.2, 0.25) is 0 Å². The van der Waals surface area contributed by atoms with Crippen molar-refractivity contribution < 1.29 is 94.9 Å². The van der Waals surface area contributed by atoms with Gasteiger partial charge in [-0.2, -0.15) is 35.9 Å². The average Bonchev–Trinajstić information content (AvgIpc) is 3.70. The van der Waals surface area contributed by atoms with Crippen molar-refractivity contribution in [2.45, 2.75) is 26.4 Å². The fourth-order valence-corrected chi connectivity index (χ4v) is 6.79. The second kappa shape index (κ2) is 19.7. The zero-order valence-electron chi connectivity index (χ0n) is 24.2. The summed E-state index contributed by atoms with van der Waals surface area (Å²) in [6.07, 6.45) is 6.18. The first-order valence-electron chi connectivity index (χ1n) is 12.8. The summed E-state index contributed by atoms with van der Waals surface area (Å²) >= 11 is 0. The SMILES string of the molecule is CCP(CC)C1C(C)=[C-]c2ccccc21.Fc1c(F)c(F)c([B]c2c(F)c(F)c(F)c(F)c2F)c(F)c1F.[Cl-].[Cl-].[Zr+4].c1cc[cH-]c1. The van der Waals surface area contributed by atoms with E-state index in [0.717, 1.165) is 0 Å². The molecular formula is C31H23BCl2F10PZr. The minimum atomic E-state index is -2.55. The van der Waals surface area contributed by atoms with Crippen LogP contribution in [0.5, 0.6) is 0 Å². The summed E-state index contributed by atoms with van der Waals surface area (Å²) in [5.41, 5.74) is 1.27. The first-order chi connectivity index (χ1) is 20.4. The largest absolute Gasteiger partial charge is 4.00 e. The van der Waals surface area contributed by atoms with Gasteiger partial charge in [0.2, 0.25) is 7.28 Å². The third kappa shape index (κ3) is 9.55. The molecule has 0 amide bonds. The Morgan fingerprint density at radius 2 is 1.00 bits per heavy atom. The molecule has 0 aliphatic heterocycles. The van der Waals surface area contributed by atoms with Crippen molar-refractivity contribution in [1.82, 2.24) is 0 Å². The van der Waals surface area contributed by atoms with Crippen LogP contribution in [0.3, 0.4) is 0 Å². The molecule has 4 aromatic rings. The molecule has 46 heavy (non-hydrogen) atoms. The quantitative estimate of drug-likeness (QED) is 0.0730. The van der Waals surface area contributed by atoms with Gasteiger partial charge in [0.1, 0.15) is 0 Å². The van der Waals surface area contributed by atoms with Crippen molar-refractivity contribution >= 4 is 26.1 Å². The Bertz CT molecular complexity index is 1470. The molecule has 243 valence electrons. The van der Waals surface area contributed by atoms with E-state index in [1.165, 1.54) is 29.0 Å². The molecule has 5 rings (SSSR count). The van der Waals surface area contributed by atoms with Crippen LogP contribution in [-0.2, 0) is 26.2 Å². The van der Waals surface area contributed by atoms with Crippen molar-refractivity contribution in [3.05, 3.63) is 136 Å². The van der Waals surface area contributed by atoms with E-state index in [0.29, 0.717) is 5.66 Å². The molecule has 0 saturated carbocycles. The van der Waals surface area contributed by atoms with Crippen molar-refractivity contribution in [1.29, 1.82) is 0 Å². The molecule has 1 radical (unpaired) electrons. The first-order valence-corrected chi connectivity index (χ1v) is 14.6. The number of allylic oxidation sites excluding steroid dienone is 1. The number of rotatable bonds is 5.